The predicted molar refractivity (Wildman–Crippen MR) is 151 cm³/mol. The van der Waals surface area contributed by atoms with Crippen molar-refractivity contribution in [3.05, 3.63) is 88.2 Å². The fourth-order valence-corrected chi connectivity index (χ4v) is 5.70. The van der Waals surface area contributed by atoms with Gasteiger partial charge < -0.3 is 24.4 Å². The van der Waals surface area contributed by atoms with Gasteiger partial charge in [-0.25, -0.2) is 0 Å². The van der Waals surface area contributed by atoms with Gasteiger partial charge in [-0.15, -0.1) is 0 Å². The summed E-state index contributed by atoms with van der Waals surface area (Å²) < 4.78 is 18.4. The lowest BCUT2D eigenvalue weighted by Gasteiger charge is -2.18. The third-order valence-electron chi connectivity index (χ3n) is 8.03. The Balaban J connectivity index is 1.31. The molecule has 3 aromatic rings. The van der Waals surface area contributed by atoms with E-state index in [0.29, 0.717) is 25.4 Å². The summed E-state index contributed by atoms with van der Waals surface area (Å²) in [5.41, 5.74) is 8.42. The van der Waals surface area contributed by atoms with E-state index < -0.39 is 5.97 Å². The Morgan fingerprint density at radius 3 is 2.46 bits per heavy atom. The normalized spacial score (nSPS) is 17.0. The molecule has 1 fully saturated rings. The zero-order chi connectivity index (χ0) is 27.7. The van der Waals surface area contributed by atoms with Gasteiger partial charge in [0.25, 0.3) is 0 Å². The van der Waals surface area contributed by atoms with Crippen LogP contribution in [0.5, 0.6) is 17.2 Å². The topological polar surface area (TPSA) is 85.2 Å². The van der Waals surface area contributed by atoms with Crippen LogP contribution in [0.3, 0.4) is 0 Å². The van der Waals surface area contributed by atoms with E-state index in [-0.39, 0.29) is 17.9 Å². The van der Waals surface area contributed by atoms with Crippen LogP contribution in [0.15, 0.2) is 60.4 Å². The first-order valence-corrected chi connectivity index (χ1v) is 13.5. The Kier molecular flexibility index (Phi) is 7.30. The Morgan fingerprint density at radius 2 is 1.79 bits per heavy atom. The molecule has 2 N–H and O–H groups in total. The standard InChI is InChI=1S/C33H36O6/c1-20(18-34)10-13-37-26-14-21(2)32(22(3)15-26)27-7-5-6-24(23(27)4)19-38-25-8-9-28-29(17-31(35)36)33(11-12-33)39-30(28)16-25/h5-9,14-16,18,29,34H,10-13,17,19H2,1-4H3,(H,35,36)/b20-18-. The number of fused-ring (bicyclic) bond motifs is 1. The van der Waals surface area contributed by atoms with Crippen LogP contribution in [-0.4, -0.2) is 28.4 Å². The zero-order valence-electron chi connectivity index (χ0n) is 23.0. The van der Waals surface area contributed by atoms with Gasteiger partial charge in [-0.05, 0) is 97.7 Å². The number of carbonyl (C=O) groups is 1. The van der Waals surface area contributed by atoms with Gasteiger partial charge in [0, 0.05) is 24.0 Å². The molecule has 204 valence electrons. The van der Waals surface area contributed by atoms with Gasteiger partial charge >= 0.3 is 5.97 Å². The largest absolute Gasteiger partial charge is 0.516 e. The summed E-state index contributed by atoms with van der Waals surface area (Å²) in [5.74, 6) is 1.40. The SMILES string of the molecule is C/C(=C/O)CCOc1cc(C)c(-c2cccc(COc3ccc4c(c3)OC3(CC3)C4CC(=O)O)c2C)c(C)c1. The lowest BCUT2D eigenvalue weighted by atomic mass is 9.90. The second-order valence-electron chi connectivity index (χ2n) is 10.9. The van der Waals surface area contributed by atoms with E-state index in [1.165, 1.54) is 11.1 Å². The third kappa shape index (κ3) is 5.47. The molecule has 1 atom stereocenters. The first kappa shape index (κ1) is 26.7. The van der Waals surface area contributed by atoms with E-state index in [9.17, 15) is 9.90 Å². The summed E-state index contributed by atoms with van der Waals surface area (Å²) in [6.45, 7) is 9.14. The molecule has 39 heavy (non-hydrogen) atoms. The predicted octanol–water partition coefficient (Wildman–Crippen LogP) is 7.57. The van der Waals surface area contributed by atoms with E-state index >= 15 is 0 Å². The molecule has 1 aliphatic carbocycles. The fraction of sp³-hybridized carbons (Fsp3) is 0.364. The second kappa shape index (κ2) is 10.7. The Hall–Kier alpha value is -3.93. The maximum atomic E-state index is 11.4. The van der Waals surface area contributed by atoms with Crippen molar-refractivity contribution < 1.29 is 29.2 Å². The van der Waals surface area contributed by atoms with Crippen LogP contribution < -0.4 is 14.2 Å². The monoisotopic (exact) mass is 528 g/mol. The van der Waals surface area contributed by atoms with Crippen LogP contribution >= 0.6 is 0 Å². The number of aliphatic hydroxyl groups excluding tert-OH is 1. The molecule has 0 radical (unpaired) electrons. The zero-order valence-corrected chi connectivity index (χ0v) is 23.0. The van der Waals surface area contributed by atoms with Crippen molar-refractivity contribution in [1.82, 2.24) is 0 Å². The molecule has 3 aromatic carbocycles. The minimum atomic E-state index is -0.795. The molecule has 0 aromatic heterocycles. The van der Waals surface area contributed by atoms with Crippen molar-refractivity contribution in [2.45, 2.75) is 71.5 Å². The van der Waals surface area contributed by atoms with Crippen molar-refractivity contribution in [3.63, 3.8) is 0 Å². The molecule has 1 unspecified atom stereocenters. The summed E-state index contributed by atoms with van der Waals surface area (Å²) in [6.07, 6.45) is 3.69. The van der Waals surface area contributed by atoms with E-state index in [1.807, 2.05) is 25.1 Å². The van der Waals surface area contributed by atoms with Gasteiger partial charge in [-0.2, -0.15) is 0 Å². The van der Waals surface area contributed by atoms with Crippen molar-refractivity contribution in [2.75, 3.05) is 6.61 Å². The van der Waals surface area contributed by atoms with Crippen molar-refractivity contribution in [1.29, 1.82) is 0 Å². The molecule has 2 aliphatic rings. The molecule has 1 spiro atoms. The molecule has 5 rings (SSSR count). The van der Waals surface area contributed by atoms with Crippen molar-refractivity contribution in [2.24, 2.45) is 0 Å². The highest BCUT2D eigenvalue weighted by Crippen LogP contribution is 2.59. The molecule has 6 heteroatoms. The Bertz CT molecular complexity index is 1410. The van der Waals surface area contributed by atoms with Crippen molar-refractivity contribution >= 4 is 5.97 Å². The maximum absolute atomic E-state index is 11.4. The summed E-state index contributed by atoms with van der Waals surface area (Å²) in [5, 5.41) is 18.4. The average Bonchev–Trinajstić information content (AvgIpc) is 3.61. The minimum Gasteiger partial charge on any atom is -0.516 e. The molecular weight excluding hydrogens is 492 g/mol. The number of ether oxygens (including phenoxy) is 3. The van der Waals surface area contributed by atoms with Crippen LogP contribution in [0.1, 0.15) is 66.3 Å². The first-order chi connectivity index (χ1) is 18.7. The maximum Gasteiger partial charge on any atom is 0.304 e. The molecule has 0 amide bonds. The average molecular weight is 529 g/mol. The van der Waals surface area contributed by atoms with Crippen LogP contribution in [-0.2, 0) is 11.4 Å². The smallest absolute Gasteiger partial charge is 0.304 e. The number of aliphatic carboxylic acids is 1. The van der Waals surface area contributed by atoms with Gasteiger partial charge in [0.15, 0.2) is 0 Å². The van der Waals surface area contributed by atoms with Crippen LogP contribution in [0.4, 0.5) is 0 Å². The van der Waals surface area contributed by atoms with E-state index in [0.717, 1.165) is 64.0 Å². The number of hydrogen-bond acceptors (Lipinski definition) is 5. The van der Waals surface area contributed by atoms with Gasteiger partial charge in [0.05, 0.1) is 19.3 Å². The number of aryl methyl sites for hydroxylation is 2. The molecule has 1 saturated carbocycles. The molecule has 1 heterocycles. The summed E-state index contributed by atoms with van der Waals surface area (Å²) in [4.78, 5) is 11.4. The summed E-state index contributed by atoms with van der Waals surface area (Å²) in [7, 11) is 0. The summed E-state index contributed by atoms with van der Waals surface area (Å²) in [6, 6.07) is 16.2. The third-order valence-corrected chi connectivity index (χ3v) is 8.03. The number of rotatable bonds is 10. The Labute approximate surface area is 229 Å². The molecular formula is C33H36O6. The number of hydrogen-bond donors (Lipinski definition) is 2. The minimum absolute atomic E-state index is 0.0891. The summed E-state index contributed by atoms with van der Waals surface area (Å²) >= 11 is 0. The van der Waals surface area contributed by atoms with Crippen molar-refractivity contribution in [3.8, 4) is 28.4 Å². The lowest BCUT2D eigenvalue weighted by Crippen LogP contribution is -2.22. The number of carboxylic acid groups (broad SMARTS) is 1. The number of aliphatic hydroxyl groups is 1. The quantitative estimate of drug-likeness (QED) is 0.264. The second-order valence-corrected chi connectivity index (χ2v) is 10.9. The highest BCUT2D eigenvalue weighted by Gasteiger charge is 2.57. The van der Waals surface area contributed by atoms with E-state index in [1.54, 1.807) is 0 Å². The Morgan fingerprint density at radius 1 is 1.05 bits per heavy atom. The van der Waals surface area contributed by atoms with Gasteiger partial charge in [-0.1, -0.05) is 24.3 Å². The lowest BCUT2D eigenvalue weighted by molar-refractivity contribution is -0.138. The molecule has 0 saturated heterocycles. The number of benzene rings is 3. The number of carboxylic acids is 1. The molecule has 0 bridgehead atoms. The highest BCUT2D eigenvalue weighted by atomic mass is 16.5. The highest BCUT2D eigenvalue weighted by molar-refractivity contribution is 5.75. The van der Waals surface area contributed by atoms with Gasteiger partial charge in [0.1, 0.15) is 29.5 Å². The van der Waals surface area contributed by atoms with Crippen LogP contribution in [0, 0.1) is 20.8 Å². The van der Waals surface area contributed by atoms with E-state index in [4.69, 9.17) is 19.3 Å². The first-order valence-electron chi connectivity index (χ1n) is 13.5. The van der Waals surface area contributed by atoms with E-state index in [2.05, 4.69) is 51.1 Å². The van der Waals surface area contributed by atoms with Gasteiger partial charge in [0.2, 0.25) is 0 Å². The molecule has 6 nitrogen and oxygen atoms in total. The molecule has 1 aliphatic heterocycles. The fourth-order valence-electron chi connectivity index (χ4n) is 5.70. The van der Waals surface area contributed by atoms with Crippen LogP contribution in [0.2, 0.25) is 0 Å². The van der Waals surface area contributed by atoms with Crippen LogP contribution in [0.25, 0.3) is 11.1 Å². The van der Waals surface area contributed by atoms with Gasteiger partial charge in [-0.3, -0.25) is 4.79 Å².